The van der Waals surface area contributed by atoms with Crippen LogP contribution in [0.15, 0.2) is 65.4 Å². The number of anilines is 2. The van der Waals surface area contributed by atoms with Crippen molar-refractivity contribution in [3.63, 3.8) is 0 Å². The van der Waals surface area contributed by atoms with Crippen molar-refractivity contribution in [2.45, 2.75) is 18.4 Å². The summed E-state index contributed by atoms with van der Waals surface area (Å²) in [7, 11) is 0. The van der Waals surface area contributed by atoms with Crippen LogP contribution in [-0.4, -0.2) is 37.7 Å². The van der Waals surface area contributed by atoms with E-state index in [1.165, 1.54) is 0 Å². The van der Waals surface area contributed by atoms with E-state index in [2.05, 4.69) is 29.9 Å². The number of nitrogens with one attached hydrogen (secondary N) is 2. The van der Waals surface area contributed by atoms with Crippen molar-refractivity contribution in [2.24, 2.45) is 4.99 Å². The Morgan fingerprint density at radius 2 is 2.04 bits per heavy atom. The van der Waals surface area contributed by atoms with Crippen molar-refractivity contribution in [3.05, 3.63) is 60.4 Å². The molecule has 0 aromatic heterocycles. The van der Waals surface area contributed by atoms with Crippen LogP contribution in [0, 0.1) is 0 Å². The molecule has 1 aromatic rings. The fourth-order valence-electron chi connectivity index (χ4n) is 3.17. The Morgan fingerprint density at radius 3 is 2.73 bits per heavy atom. The van der Waals surface area contributed by atoms with Crippen LogP contribution in [0.1, 0.15) is 12.8 Å². The second kappa shape index (κ2) is 8.43. The molecule has 1 aromatic carbocycles. The summed E-state index contributed by atoms with van der Waals surface area (Å²) in [5.74, 6) is 1.45. The van der Waals surface area contributed by atoms with E-state index in [4.69, 9.17) is 26.1 Å². The van der Waals surface area contributed by atoms with Gasteiger partial charge >= 0.3 is 0 Å². The van der Waals surface area contributed by atoms with Crippen LogP contribution in [0.5, 0.6) is 0 Å². The quantitative estimate of drug-likeness (QED) is 0.443. The number of allylic oxidation sites excluding steroid dienone is 3. The number of benzene rings is 1. The minimum absolute atomic E-state index is 0.220. The monoisotopic (exact) mass is 373 g/mol. The third-order valence-corrected chi connectivity index (χ3v) is 4.70. The van der Waals surface area contributed by atoms with Crippen LogP contribution < -0.4 is 10.6 Å². The van der Waals surface area contributed by atoms with Gasteiger partial charge in [-0.25, -0.2) is 0 Å². The highest BCUT2D eigenvalue weighted by atomic mass is 35.5. The lowest BCUT2D eigenvalue weighted by atomic mass is 9.86. The second-order valence-electron chi connectivity index (χ2n) is 6.24. The van der Waals surface area contributed by atoms with Crippen LogP contribution in [0.4, 0.5) is 11.4 Å². The standard InChI is InChI=1S/C20H24ClN3O2/c1-3-6-18(15(2)21)26-14-11-22-19-20(9-12-25-13-10-20)24-17-8-5-4-7-16(17)23-19/h3-8,24H,1-2,9-14H2,(H,22,23)/b18-6+. The van der Waals surface area contributed by atoms with E-state index < -0.39 is 0 Å². The molecule has 2 aliphatic rings. The van der Waals surface area contributed by atoms with Crippen molar-refractivity contribution in [3.8, 4) is 0 Å². The number of para-hydroxylation sites is 2. The third kappa shape index (κ3) is 4.11. The molecule has 1 saturated heterocycles. The van der Waals surface area contributed by atoms with Gasteiger partial charge in [-0.05, 0) is 18.2 Å². The first-order chi connectivity index (χ1) is 12.6. The summed E-state index contributed by atoms with van der Waals surface area (Å²) in [6.45, 7) is 9.68. The van der Waals surface area contributed by atoms with Gasteiger partial charge in [-0.2, -0.15) is 0 Å². The van der Waals surface area contributed by atoms with E-state index in [9.17, 15) is 0 Å². The number of amidine groups is 1. The van der Waals surface area contributed by atoms with Crippen LogP contribution in [-0.2, 0) is 9.47 Å². The van der Waals surface area contributed by atoms with Crippen LogP contribution in [0.3, 0.4) is 0 Å². The Labute approximate surface area is 159 Å². The van der Waals surface area contributed by atoms with Gasteiger partial charge in [0.05, 0.1) is 28.5 Å². The predicted molar refractivity (Wildman–Crippen MR) is 108 cm³/mol. The van der Waals surface area contributed by atoms with Gasteiger partial charge < -0.3 is 20.1 Å². The maximum atomic E-state index is 5.92. The largest absolute Gasteiger partial charge is 0.490 e. The van der Waals surface area contributed by atoms with Crippen LogP contribution >= 0.6 is 11.6 Å². The zero-order valence-corrected chi connectivity index (χ0v) is 15.5. The topological polar surface area (TPSA) is 54.9 Å². The lowest BCUT2D eigenvalue weighted by Crippen LogP contribution is -2.55. The molecule has 2 aliphatic heterocycles. The third-order valence-electron chi connectivity index (χ3n) is 4.51. The summed E-state index contributed by atoms with van der Waals surface area (Å²) in [5.41, 5.74) is 1.91. The van der Waals surface area contributed by atoms with Crippen molar-refractivity contribution in [1.82, 2.24) is 0 Å². The van der Waals surface area contributed by atoms with Gasteiger partial charge in [-0.1, -0.05) is 43.0 Å². The molecule has 0 aliphatic carbocycles. The lowest BCUT2D eigenvalue weighted by Gasteiger charge is -2.43. The Bertz CT molecular complexity index is 736. The van der Waals surface area contributed by atoms with E-state index in [0.717, 1.165) is 30.1 Å². The molecule has 0 amide bonds. The molecule has 0 bridgehead atoms. The minimum Gasteiger partial charge on any atom is -0.490 e. The zero-order chi connectivity index (χ0) is 18.4. The minimum atomic E-state index is -0.220. The number of halogens is 1. The summed E-state index contributed by atoms with van der Waals surface area (Å²) in [4.78, 5) is 4.79. The first kappa shape index (κ1) is 18.5. The summed E-state index contributed by atoms with van der Waals surface area (Å²) >= 11 is 5.92. The molecule has 26 heavy (non-hydrogen) atoms. The first-order valence-electron chi connectivity index (χ1n) is 8.72. The Hall–Kier alpha value is -2.24. The van der Waals surface area contributed by atoms with Gasteiger partial charge in [-0.15, -0.1) is 0 Å². The molecule has 0 saturated carbocycles. The SMILES string of the molecule is C=C/C=C(/OCCN=C1Nc2ccccc2NC12CCOCC2)C(=C)Cl. The molecule has 1 spiro atoms. The van der Waals surface area contributed by atoms with Crippen molar-refractivity contribution >= 4 is 28.8 Å². The van der Waals surface area contributed by atoms with Crippen LogP contribution in [0.2, 0.25) is 0 Å². The van der Waals surface area contributed by atoms with Crippen molar-refractivity contribution in [1.29, 1.82) is 0 Å². The van der Waals surface area contributed by atoms with E-state index in [1.54, 1.807) is 12.2 Å². The summed E-state index contributed by atoms with van der Waals surface area (Å²) in [6, 6.07) is 8.17. The molecular formula is C20H24ClN3O2. The average molecular weight is 374 g/mol. The molecule has 2 N–H and O–H groups in total. The van der Waals surface area contributed by atoms with Crippen molar-refractivity contribution in [2.75, 3.05) is 37.0 Å². The molecule has 1 fully saturated rings. The normalized spacial score (nSPS) is 20.0. The number of ether oxygens (including phenoxy) is 2. The number of rotatable bonds is 6. The lowest BCUT2D eigenvalue weighted by molar-refractivity contribution is 0.0778. The van der Waals surface area contributed by atoms with E-state index >= 15 is 0 Å². The number of aliphatic imine (C=N–C) groups is 1. The van der Waals surface area contributed by atoms with Crippen molar-refractivity contribution < 1.29 is 9.47 Å². The van der Waals surface area contributed by atoms with Crippen LogP contribution in [0.25, 0.3) is 0 Å². The molecule has 0 unspecified atom stereocenters. The molecule has 5 nitrogen and oxygen atoms in total. The molecule has 138 valence electrons. The number of fused-ring (bicyclic) bond motifs is 1. The first-order valence-corrected chi connectivity index (χ1v) is 9.10. The second-order valence-corrected chi connectivity index (χ2v) is 6.70. The van der Waals surface area contributed by atoms with Gasteiger partial charge in [0.2, 0.25) is 0 Å². The number of hydrogen-bond donors (Lipinski definition) is 2. The van der Waals surface area contributed by atoms with Gasteiger partial charge in [0.25, 0.3) is 0 Å². The Kier molecular flexibility index (Phi) is 6.01. The smallest absolute Gasteiger partial charge is 0.137 e. The number of hydrogen-bond acceptors (Lipinski definition) is 4. The Morgan fingerprint density at radius 1 is 1.31 bits per heavy atom. The van der Waals surface area contributed by atoms with Gasteiger partial charge in [-0.3, -0.25) is 4.99 Å². The summed E-state index contributed by atoms with van der Waals surface area (Å²) in [5, 5.41) is 7.52. The molecule has 0 radical (unpaired) electrons. The molecular weight excluding hydrogens is 350 g/mol. The van der Waals surface area contributed by atoms with E-state index in [0.29, 0.717) is 37.2 Å². The van der Waals surface area contributed by atoms with E-state index in [1.807, 2.05) is 18.2 Å². The fourth-order valence-corrected chi connectivity index (χ4v) is 3.29. The highest BCUT2D eigenvalue weighted by molar-refractivity contribution is 6.31. The molecule has 2 heterocycles. The fraction of sp³-hybridized carbons (Fsp3) is 0.350. The maximum absolute atomic E-state index is 5.92. The predicted octanol–water partition coefficient (Wildman–Crippen LogP) is 4.31. The highest BCUT2D eigenvalue weighted by Crippen LogP contribution is 2.36. The molecule has 6 heteroatoms. The molecule has 0 atom stereocenters. The van der Waals surface area contributed by atoms with Gasteiger partial charge in [0.15, 0.2) is 0 Å². The summed E-state index contributed by atoms with van der Waals surface area (Å²) in [6.07, 6.45) is 5.05. The maximum Gasteiger partial charge on any atom is 0.137 e. The highest BCUT2D eigenvalue weighted by Gasteiger charge is 2.41. The Balaban J connectivity index is 1.73. The van der Waals surface area contributed by atoms with Gasteiger partial charge in [0, 0.05) is 26.1 Å². The zero-order valence-electron chi connectivity index (χ0n) is 14.8. The average Bonchev–Trinajstić information content (AvgIpc) is 2.65. The summed E-state index contributed by atoms with van der Waals surface area (Å²) < 4.78 is 11.2. The van der Waals surface area contributed by atoms with Gasteiger partial charge in [0.1, 0.15) is 18.2 Å². The number of nitrogens with zero attached hydrogens (tertiary/aromatic N) is 1. The molecule has 3 rings (SSSR count). The van der Waals surface area contributed by atoms with E-state index in [-0.39, 0.29) is 5.54 Å².